The summed E-state index contributed by atoms with van der Waals surface area (Å²) in [7, 11) is -4.18. The SMILES string of the molecule is CCOc1ccccc1N(CC(=O)N(CCc1ccccc1)C(C)C(=O)NC1CCCC1)S(=O)(=O)c1ccc(SC)cc1. The second kappa shape index (κ2) is 15.3. The van der Waals surface area contributed by atoms with Gasteiger partial charge in [0.15, 0.2) is 0 Å². The van der Waals surface area contributed by atoms with Crippen LogP contribution in [0.1, 0.15) is 45.1 Å². The maximum Gasteiger partial charge on any atom is 0.264 e. The normalized spacial score (nSPS) is 14.2. The molecular weight excluding hydrogens is 583 g/mol. The zero-order chi connectivity index (χ0) is 30.8. The molecule has 1 unspecified atom stereocenters. The minimum atomic E-state index is -4.18. The van der Waals surface area contributed by atoms with Crippen LogP contribution >= 0.6 is 11.8 Å². The summed E-state index contributed by atoms with van der Waals surface area (Å²) in [6.45, 7) is 3.61. The lowest BCUT2D eigenvalue weighted by atomic mass is 10.1. The summed E-state index contributed by atoms with van der Waals surface area (Å²) < 4.78 is 35.2. The van der Waals surface area contributed by atoms with E-state index in [0.29, 0.717) is 18.8 Å². The Hall–Kier alpha value is -3.50. The van der Waals surface area contributed by atoms with Crippen LogP contribution in [0.25, 0.3) is 0 Å². The van der Waals surface area contributed by atoms with Gasteiger partial charge in [0.2, 0.25) is 11.8 Å². The molecule has 0 aromatic heterocycles. The monoisotopic (exact) mass is 623 g/mol. The average Bonchev–Trinajstić information content (AvgIpc) is 3.54. The Labute approximate surface area is 259 Å². The summed E-state index contributed by atoms with van der Waals surface area (Å²) in [6, 6.07) is 22.4. The number of sulfonamides is 1. The van der Waals surface area contributed by atoms with Crippen molar-refractivity contribution < 1.29 is 22.7 Å². The first-order valence-electron chi connectivity index (χ1n) is 14.8. The van der Waals surface area contributed by atoms with Crippen molar-refractivity contribution in [2.75, 3.05) is 30.3 Å². The van der Waals surface area contributed by atoms with E-state index in [0.717, 1.165) is 40.4 Å². The average molecular weight is 624 g/mol. The maximum atomic E-state index is 14.2. The number of ether oxygens (including phenoxy) is 1. The van der Waals surface area contributed by atoms with Crippen LogP contribution in [-0.4, -0.2) is 63.2 Å². The van der Waals surface area contributed by atoms with Gasteiger partial charge in [-0.05, 0) is 81.3 Å². The van der Waals surface area contributed by atoms with Gasteiger partial charge in [-0.3, -0.25) is 13.9 Å². The zero-order valence-corrected chi connectivity index (χ0v) is 26.7. The van der Waals surface area contributed by atoms with Crippen LogP contribution in [0.2, 0.25) is 0 Å². The number of hydrogen-bond donors (Lipinski definition) is 1. The van der Waals surface area contributed by atoms with Gasteiger partial charge in [-0.2, -0.15) is 0 Å². The Balaban J connectivity index is 1.69. The molecule has 0 spiro atoms. The van der Waals surface area contributed by atoms with E-state index >= 15 is 0 Å². The second-order valence-corrected chi connectivity index (χ2v) is 13.3. The molecule has 1 aliphatic rings. The fourth-order valence-corrected chi connectivity index (χ4v) is 7.12. The number of nitrogens with zero attached hydrogens (tertiary/aromatic N) is 2. The van der Waals surface area contributed by atoms with Crippen molar-refractivity contribution in [3.63, 3.8) is 0 Å². The molecule has 0 bridgehead atoms. The van der Waals surface area contributed by atoms with Crippen LogP contribution in [0.5, 0.6) is 5.75 Å². The van der Waals surface area contributed by atoms with Crippen molar-refractivity contribution >= 4 is 39.3 Å². The first-order chi connectivity index (χ1) is 20.7. The molecule has 10 heteroatoms. The summed E-state index contributed by atoms with van der Waals surface area (Å²) in [4.78, 5) is 30.0. The molecule has 1 N–H and O–H groups in total. The molecule has 2 amide bonds. The predicted molar refractivity (Wildman–Crippen MR) is 172 cm³/mol. The Bertz CT molecular complexity index is 1460. The molecule has 0 radical (unpaired) electrons. The number of benzene rings is 3. The molecule has 4 rings (SSSR count). The third kappa shape index (κ3) is 8.32. The third-order valence-corrected chi connectivity index (χ3v) is 10.2. The summed E-state index contributed by atoms with van der Waals surface area (Å²) in [5.41, 5.74) is 1.28. The van der Waals surface area contributed by atoms with E-state index in [-0.39, 0.29) is 29.1 Å². The number of hydrogen-bond acceptors (Lipinski definition) is 6. The lowest BCUT2D eigenvalue weighted by Gasteiger charge is -2.33. The van der Waals surface area contributed by atoms with E-state index in [1.54, 1.807) is 55.5 Å². The number of nitrogens with one attached hydrogen (secondary N) is 1. The minimum Gasteiger partial charge on any atom is -0.492 e. The number of carbonyl (C=O) groups excluding carboxylic acids is 2. The lowest BCUT2D eigenvalue weighted by Crippen LogP contribution is -2.53. The highest BCUT2D eigenvalue weighted by Crippen LogP contribution is 2.33. The highest BCUT2D eigenvalue weighted by atomic mass is 32.2. The molecule has 1 saturated carbocycles. The number of anilines is 1. The predicted octanol–water partition coefficient (Wildman–Crippen LogP) is 5.52. The molecule has 1 aliphatic carbocycles. The van der Waals surface area contributed by atoms with Gasteiger partial charge in [0.05, 0.1) is 17.2 Å². The largest absolute Gasteiger partial charge is 0.492 e. The van der Waals surface area contributed by atoms with Gasteiger partial charge in [0.1, 0.15) is 18.3 Å². The number of para-hydroxylation sites is 2. The molecule has 43 heavy (non-hydrogen) atoms. The highest BCUT2D eigenvalue weighted by Gasteiger charge is 2.34. The van der Waals surface area contributed by atoms with Crippen molar-refractivity contribution in [3.8, 4) is 5.75 Å². The van der Waals surface area contributed by atoms with Gasteiger partial charge in [-0.25, -0.2) is 8.42 Å². The summed E-state index contributed by atoms with van der Waals surface area (Å²) in [5, 5.41) is 3.10. The third-order valence-electron chi connectivity index (χ3n) is 7.71. The molecule has 3 aromatic rings. The summed E-state index contributed by atoms with van der Waals surface area (Å²) >= 11 is 1.51. The van der Waals surface area contributed by atoms with E-state index in [2.05, 4.69) is 5.32 Å². The molecule has 1 atom stereocenters. The van der Waals surface area contributed by atoms with Crippen LogP contribution in [-0.2, 0) is 26.0 Å². The van der Waals surface area contributed by atoms with E-state index < -0.39 is 28.5 Å². The lowest BCUT2D eigenvalue weighted by molar-refractivity contribution is -0.139. The molecule has 0 heterocycles. The van der Waals surface area contributed by atoms with Gasteiger partial charge in [0, 0.05) is 17.5 Å². The van der Waals surface area contributed by atoms with E-state index in [9.17, 15) is 18.0 Å². The molecular formula is C33H41N3O5S2. The van der Waals surface area contributed by atoms with Crippen LogP contribution in [0.4, 0.5) is 5.69 Å². The Morgan fingerprint density at radius 2 is 1.63 bits per heavy atom. The Morgan fingerprint density at radius 1 is 0.977 bits per heavy atom. The molecule has 0 aliphatic heterocycles. The van der Waals surface area contributed by atoms with E-state index in [1.165, 1.54) is 16.7 Å². The maximum absolute atomic E-state index is 14.2. The van der Waals surface area contributed by atoms with Gasteiger partial charge in [0.25, 0.3) is 10.0 Å². The smallest absolute Gasteiger partial charge is 0.264 e. The molecule has 230 valence electrons. The molecule has 0 saturated heterocycles. The zero-order valence-electron chi connectivity index (χ0n) is 25.1. The number of thioether (sulfide) groups is 1. The van der Waals surface area contributed by atoms with Crippen molar-refractivity contribution in [1.29, 1.82) is 0 Å². The van der Waals surface area contributed by atoms with Crippen LogP contribution in [0.15, 0.2) is 88.7 Å². The standard InChI is InChI=1S/C33H41N3O5S2/c1-4-41-31-17-11-10-16-30(31)36(43(39,40)29-20-18-28(42-3)19-21-29)24-32(37)35(23-22-26-12-6-5-7-13-26)25(2)33(38)34-27-14-8-9-15-27/h5-7,10-13,16-21,25,27H,4,8-9,14-15,22-24H2,1-3H3,(H,34,38). The summed E-state index contributed by atoms with van der Waals surface area (Å²) in [6.07, 6.45) is 6.42. The molecule has 3 aromatic carbocycles. The number of carbonyl (C=O) groups is 2. The van der Waals surface area contributed by atoms with Gasteiger partial charge < -0.3 is 15.0 Å². The highest BCUT2D eigenvalue weighted by molar-refractivity contribution is 7.98. The Morgan fingerprint density at radius 3 is 2.28 bits per heavy atom. The van der Waals surface area contributed by atoms with Crippen molar-refractivity contribution in [2.45, 2.75) is 67.8 Å². The quantitative estimate of drug-likeness (QED) is 0.238. The number of amides is 2. The van der Waals surface area contributed by atoms with Crippen molar-refractivity contribution in [3.05, 3.63) is 84.4 Å². The van der Waals surface area contributed by atoms with Crippen LogP contribution in [0, 0.1) is 0 Å². The van der Waals surface area contributed by atoms with Crippen molar-refractivity contribution in [2.24, 2.45) is 0 Å². The fraction of sp³-hybridized carbons (Fsp3) is 0.394. The topological polar surface area (TPSA) is 96.0 Å². The van der Waals surface area contributed by atoms with Crippen molar-refractivity contribution in [1.82, 2.24) is 10.2 Å². The van der Waals surface area contributed by atoms with Crippen LogP contribution < -0.4 is 14.4 Å². The first kappa shape index (κ1) is 32.4. The molecule has 1 fully saturated rings. The van der Waals surface area contributed by atoms with Gasteiger partial charge in [-0.15, -0.1) is 11.8 Å². The minimum absolute atomic E-state index is 0.0623. The second-order valence-electron chi connectivity index (χ2n) is 10.6. The van der Waals surface area contributed by atoms with E-state index in [1.807, 2.05) is 43.5 Å². The Kier molecular flexibility index (Phi) is 11.5. The van der Waals surface area contributed by atoms with Gasteiger partial charge in [-0.1, -0.05) is 55.3 Å². The first-order valence-corrected chi connectivity index (χ1v) is 17.4. The van der Waals surface area contributed by atoms with E-state index in [4.69, 9.17) is 4.74 Å². The van der Waals surface area contributed by atoms with Gasteiger partial charge >= 0.3 is 0 Å². The number of rotatable bonds is 14. The molecule has 8 nitrogen and oxygen atoms in total. The fourth-order valence-electron chi connectivity index (χ4n) is 5.29. The van der Waals surface area contributed by atoms with Crippen LogP contribution in [0.3, 0.4) is 0 Å². The summed E-state index contributed by atoms with van der Waals surface area (Å²) in [5.74, 6) is -0.351.